The maximum atomic E-state index is 13.0. The Hall–Kier alpha value is -3.28. The number of halogens is 1. The quantitative estimate of drug-likeness (QED) is 0.733. The highest BCUT2D eigenvalue weighted by Gasteiger charge is 2.17. The van der Waals surface area contributed by atoms with Gasteiger partial charge in [-0.2, -0.15) is 0 Å². The number of hydrogen-bond acceptors (Lipinski definition) is 4. The van der Waals surface area contributed by atoms with Gasteiger partial charge in [-0.3, -0.25) is 4.79 Å². The smallest absolute Gasteiger partial charge is 0.277 e. The summed E-state index contributed by atoms with van der Waals surface area (Å²) in [4.78, 5) is 22.7. The Balaban J connectivity index is 1.73. The van der Waals surface area contributed by atoms with Crippen LogP contribution in [0.25, 0.3) is 0 Å². The van der Waals surface area contributed by atoms with E-state index in [0.29, 0.717) is 24.6 Å². The van der Waals surface area contributed by atoms with Crippen molar-refractivity contribution in [3.05, 3.63) is 84.1 Å². The summed E-state index contributed by atoms with van der Waals surface area (Å²) in [5.74, 6) is 0.0759. The van der Waals surface area contributed by atoms with Crippen LogP contribution in [0, 0.1) is 5.82 Å². The number of rotatable bonds is 6. The van der Waals surface area contributed by atoms with Crippen LogP contribution in [0.3, 0.4) is 0 Å². The fraction of sp³-hybridized carbons (Fsp3) is 0.150. The van der Waals surface area contributed by atoms with Crippen LogP contribution in [-0.2, 0) is 6.54 Å². The van der Waals surface area contributed by atoms with Gasteiger partial charge in [-0.15, -0.1) is 0 Å². The molecule has 1 heterocycles. The molecule has 0 saturated heterocycles. The predicted molar refractivity (Wildman–Crippen MR) is 99.6 cm³/mol. The zero-order valence-electron chi connectivity index (χ0n) is 14.4. The van der Waals surface area contributed by atoms with Gasteiger partial charge in [0.15, 0.2) is 0 Å². The second-order valence-corrected chi connectivity index (χ2v) is 5.65. The van der Waals surface area contributed by atoms with Crippen LogP contribution in [0.15, 0.2) is 67.0 Å². The van der Waals surface area contributed by atoms with Crippen LogP contribution < -0.4 is 10.2 Å². The number of nitrogens with one attached hydrogen (secondary N) is 1. The zero-order valence-corrected chi connectivity index (χ0v) is 14.4. The molecule has 3 rings (SSSR count). The monoisotopic (exact) mass is 350 g/mol. The Morgan fingerprint density at radius 1 is 1.08 bits per heavy atom. The number of carbonyl (C=O) groups is 1. The summed E-state index contributed by atoms with van der Waals surface area (Å²) in [6.45, 7) is 2.92. The van der Waals surface area contributed by atoms with Crippen LogP contribution in [0.2, 0.25) is 0 Å². The minimum Gasteiger partial charge on any atom is -0.366 e. The summed E-state index contributed by atoms with van der Waals surface area (Å²) < 4.78 is 13.0. The van der Waals surface area contributed by atoms with Crippen molar-refractivity contribution in [3.63, 3.8) is 0 Å². The first-order valence-corrected chi connectivity index (χ1v) is 8.34. The topological polar surface area (TPSA) is 58.1 Å². The second-order valence-electron chi connectivity index (χ2n) is 5.65. The van der Waals surface area contributed by atoms with Crippen LogP contribution in [0.1, 0.15) is 23.0 Å². The van der Waals surface area contributed by atoms with Crippen LogP contribution in [-0.4, -0.2) is 22.4 Å². The number of benzene rings is 2. The van der Waals surface area contributed by atoms with Crippen molar-refractivity contribution in [1.82, 2.24) is 9.97 Å². The third kappa shape index (κ3) is 4.22. The van der Waals surface area contributed by atoms with Crippen molar-refractivity contribution in [2.45, 2.75) is 13.5 Å². The number of para-hydroxylation sites is 1. The maximum absolute atomic E-state index is 13.0. The molecule has 0 fully saturated rings. The first-order chi connectivity index (χ1) is 12.7. The van der Waals surface area contributed by atoms with Gasteiger partial charge in [0.05, 0.1) is 0 Å². The Morgan fingerprint density at radius 3 is 2.50 bits per heavy atom. The number of anilines is 2. The molecule has 5 nitrogen and oxygen atoms in total. The predicted octanol–water partition coefficient (Wildman–Crippen LogP) is 3.89. The number of amides is 1. The lowest BCUT2D eigenvalue weighted by atomic mass is 10.2. The van der Waals surface area contributed by atoms with E-state index >= 15 is 0 Å². The Kier molecular flexibility index (Phi) is 5.53. The molecule has 1 N–H and O–H groups in total. The second kappa shape index (κ2) is 8.20. The molecule has 3 aromatic rings. The Morgan fingerprint density at radius 2 is 1.81 bits per heavy atom. The van der Waals surface area contributed by atoms with E-state index in [0.717, 1.165) is 11.3 Å². The molecule has 0 atom stereocenters. The summed E-state index contributed by atoms with van der Waals surface area (Å²) in [6.07, 6.45) is 1.36. The van der Waals surface area contributed by atoms with Crippen molar-refractivity contribution in [3.8, 4) is 0 Å². The minimum absolute atomic E-state index is 0.189. The lowest BCUT2D eigenvalue weighted by Gasteiger charge is -2.20. The van der Waals surface area contributed by atoms with E-state index in [-0.39, 0.29) is 11.7 Å². The van der Waals surface area contributed by atoms with E-state index in [9.17, 15) is 9.18 Å². The zero-order chi connectivity index (χ0) is 18.4. The molecule has 0 aliphatic heterocycles. The highest BCUT2D eigenvalue weighted by molar-refractivity contribution is 6.05. The molecule has 6 heteroatoms. The molecule has 1 amide bonds. The van der Waals surface area contributed by atoms with Gasteiger partial charge < -0.3 is 10.2 Å². The standard InChI is InChI=1S/C20H19FN4O/c1-2-25(17-6-4-3-5-7-17)20(26)18-12-19(24-14-23-18)22-13-15-8-10-16(21)11-9-15/h3-12,14H,2,13H2,1H3,(H,22,23,24). The molecular weight excluding hydrogens is 331 g/mol. The molecular formula is C20H19FN4O. The fourth-order valence-electron chi connectivity index (χ4n) is 2.56. The highest BCUT2D eigenvalue weighted by atomic mass is 19.1. The van der Waals surface area contributed by atoms with Gasteiger partial charge in [-0.25, -0.2) is 14.4 Å². The summed E-state index contributed by atoms with van der Waals surface area (Å²) in [5.41, 5.74) is 2.05. The van der Waals surface area contributed by atoms with E-state index in [1.54, 1.807) is 23.1 Å². The summed E-state index contributed by atoms with van der Waals surface area (Å²) >= 11 is 0. The number of nitrogens with zero attached hydrogens (tertiary/aromatic N) is 3. The normalized spacial score (nSPS) is 10.4. The van der Waals surface area contributed by atoms with Crippen molar-refractivity contribution < 1.29 is 9.18 Å². The van der Waals surface area contributed by atoms with Gasteiger partial charge in [0, 0.05) is 24.8 Å². The molecule has 0 spiro atoms. The van der Waals surface area contributed by atoms with E-state index < -0.39 is 0 Å². The molecule has 0 aliphatic carbocycles. The van der Waals surface area contributed by atoms with Gasteiger partial charge in [0.1, 0.15) is 23.7 Å². The molecule has 0 saturated carbocycles. The highest BCUT2D eigenvalue weighted by Crippen LogP contribution is 2.17. The molecule has 0 radical (unpaired) electrons. The Bertz CT molecular complexity index is 868. The SMILES string of the molecule is CCN(C(=O)c1cc(NCc2ccc(F)cc2)ncn1)c1ccccc1. The largest absolute Gasteiger partial charge is 0.366 e. The van der Waals surface area contributed by atoms with Crippen LogP contribution in [0.5, 0.6) is 0 Å². The average molecular weight is 350 g/mol. The lowest BCUT2D eigenvalue weighted by Crippen LogP contribution is -2.31. The average Bonchev–Trinajstić information content (AvgIpc) is 2.69. The molecule has 1 aromatic heterocycles. The van der Waals surface area contributed by atoms with E-state index in [2.05, 4.69) is 15.3 Å². The van der Waals surface area contributed by atoms with E-state index in [1.807, 2.05) is 37.3 Å². The van der Waals surface area contributed by atoms with Crippen molar-refractivity contribution in [1.29, 1.82) is 0 Å². The van der Waals surface area contributed by atoms with Gasteiger partial charge in [-0.05, 0) is 36.8 Å². The maximum Gasteiger partial charge on any atom is 0.277 e. The van der Waals surface area contributed by atoms with Gasteiger partial charge in [-0.1, -0.05) is 30.3 Å². The summed E-state index contributed by atoms with van der Waals surface area (Å²) in [6, 6.07) is 17.3. The van der Waals surface area contributed by atoms with Crippen LogP contribution >= 0.6 is 0 Å². The molecule has 0 unspecified atom stereocenters. The molecule has 0 aliphatic rings. The number of aromatic nitrogens is 2. The van der Waals surface area contributed by atoms with E-state index in [4.69, 9.17) is 0 Å². The third-order valence-electron chi connectivity index (χ3n) is 3.90. The lowest BCUT2D eigenvalue weighted by molar-refractivity contribution is 0.0983. The van der Waals surface area contributed by atoms with Crippen molar-refractivity contribution >= 4 is 17.4 Å². The first kappa shape index (κ1) is 17.5. The van der Waals surface area contributed by atoms with Crippen LogP contribution in [0.4, 0.5) is 15.9 Å². The number of hydrogen-bond donors (Lipinski definition) is 1. The summed E-state index contributed by atoms with van der Waals surface area (Å²) in [5, 5.41) is 3.13. The van der Waals surface area contributed by atoms with E-state index in [1.165, 1.54) is 18.5 Å². The van der Waals surface area contributed by atoms with Crippen molar-refractivity contribution in [2.75, 3.05) is 16.8 Å². The van der Waals surface area contributed by atoms with Crippen molar-refractivity contribution in [2.24, 2.45) is 0 Å². The molecule has 26 heavy (non-hydrogen) atoms. The molecule has 132 valence electrons. The van der Waals surface area contributed by atoms with Gasteiger partial charge in [0.25, 0.3) is 5.91 Å². The van der Waals surface area contributed by atoms with Gasteiger partial charge in [0.2, 0.25) is 0 Å². The minimum atomic E-state index is -0.274. The molecule has 0 bridgehead atoms. The summed E-state index contributed by atoms with van der Waals surface area (Å²) in [7, 11) is 0. The van der Waals surface area contributed by atoms with Gasteiger partial charge >= 0.3 is 0 Å². The third-order valence-corrected chi connectivity index (χ3v) is 3.90. The first-order valence-electron chi connectivity index (χ1n) is 8.34. The molecule has 2 aromatic carbocycles. The fourth-order valence-corrected chi connectivity index (χ4v) is 2.56. The number of carbonyl (C=O) groups excluding carboxylic acids is 1. The Labute approximate surface area is 151 Å².